The van der Waals surface area contributed by atoms with Crippen LogP contribution in [0.25, 0.3) is 0 Å². The molecule has 3 nitrogen and oxygen atoms in total. The lowest BCUT2D eigenvalue weighted by molar-refractivity contribution is -0.122. The van der Waals surface area contributed by atoms with Crippen molar-refractivity contribution >= 4 is 5.91 Å². The molecule has 80 valence electrons. The molecule has 1 amide bonds. The third-order valence-corrected chi connectivity index (χ3v) is 3.16. The van der Waals surface area contributed by atoms with Gasteiger partial charge in [0.05, 0.1) is 5.92 Å². The normalized spacial score (nSPS) is 15.9. The van der Waals surface area contributed by atoms with Crippen molar-refractivity contribution in [2.45, 2.75) is 32.1 Å². The minimum absolute atomic E-state index is 0.132. The summed E-state index contributed by atoms with van der Waals surface area (Å²) >= 11 is 0. The molecule has 0 aliphatic heterocycles. The molecule has 0 radical (unpaired) electrons. The van der Waals surface area contributed by atoms with Crippen LogP contribution >= 0.6 is 0 Å². The zero-order valence-corrected chi connectivity index (χ0v) is 8.92. The average Bonchev–Trinajstić information content (AvgIpc) is 2.73. The van der Waals surface area contributed by atoms with E-state index in [0.717, 1.165) is 12.0 Å². The molecule has 1 aliphatic carbocycles. The van der Waals surface area contributed by atoms with Crippen molar-refractivity contribution in [2.75, 3.05) is 0 Å². The van der Waals surface area contributed by atoms with E-state index in [4.69, 9.17) is 5.84 Å². The highest BCUT2D eigenvalue weighted by molar-refractivity contribution is 5.82. The number of nitrogens with two attached hydrogens (primary N) is 1. The molecular formula is C12H16N2O. The lowest BCUT2D eigenvalue weighted by Crippen LogP contribution is -2.33. The maximum absolute atomic E-state index is 11.4. The summed E-state index contributed by atoms with van der Waals surface area (Å²) in [6.07, 6.45) is 3.55. The van der Waals surface area contributed by atoms with E-state index >= 15 is 0 Å². The van der Waals surface area contributed by atoms with Gasteiger partial charge < -0.3 is 0 Å². The number of hydrogen-bond acceptors (Lipinski definition) is 2. The lowest BCUT2D eigenvalue weighted by Gasteiger charge is -2.11. The number of nitrogens with one attached hydrogen (secondary N) is 1. The Balaban J connectivity index is 2.26. The maximum atomic E-state index is 11.4. The Kier molecular flexibility index (Phi) is 2.73. The van der Waals surface area contributed by atoms with E-state index in [0.29, 0.717) is 0 Å². The fraction of sp³-hybridized carbons (Fsp3) is 0.417. The summed E-state index contributed by atoms with van der Waals surface area (Å²) in [4.78, 5) is 11.4. The minimum atomic E-state index is -0.166. The molecule has 15 heavy (non-hydrogen) atoms. The van der Waals surface area contributed by atoms with Crippen molar-refractivity contribution in [1.82, 2.24) is 5.43 Å². The summed E-state index contributed by atoms with van der Waals surface area (Å²) in [7, 11) is 0. The van der Waals surface area contributed by atoms with E-state index in [-0.39, 0.29) is 11.8 Å². The standard InChI is InChI=1S/C12H16N2O/c1-8(12(15)14-13)10-6-5-9-3-2-4-11(9)7-10/h5-8H,2-4,13H2,1H3,(H,14,15). The predicted octanol–water partition coefficient (Wildman–Crippen LogP) is 1.27. The second-order valence-corrected chi connectivity index (χ2v) is 4.11. The molecule has 0 bridgehead atoms. The van der Waals surface area contributed by atoms with E-state index in [1.54, 1.807) is 0 Å². The molecule has 3 N–H and O–H groups in total. The van der Waals surface area contributed by atoms with E-state index < -0.39 is 0 Å². The van der Waals surface area contributed by atoms with Crippen LogP contribution in [-0.2, 0) is 17.6 Å². The molecule has 0 saturated carbocycles. The van der Waals surface area contributed by atoms with Crippen molar-refractivity contribution in [2.24, 2.45) is 5.84 Å². The lowest BCUT2D eigenvalue weighted by atomic mass is 9.97. The van der Waals surface area contributed by atoms with Crippen LogP contribution in [0.15, 0.2) is 18.2 Å². The van der Waals surface area contributed by atoms with Gasteiger partial charge in [0.25, 0.3) is 0 Å². The molecule has 0 saturated heterocycles. The third kappa shape index (κ3) is 1.88. The van der Waals surface area contributed by atoms with E-state index in [9.17, 15) is 4.79 Å². The van der Waals surface area contributed by atoms with Crippen molar-refractivity contribution < 1.29 is 4.79 Å². The number of benzene rings is 1. The van der Waals surface area contributed by atoms with Crippen LogP contribution < -0.4 is 11.3 Å². The molecule has 0 heterocycles. The molecule has 0 aromatic heterocycles. The second-order valence-electron chi connectivity index (χ2n) is 4.11. The van der Waals surface area contributed by atoms with E-state index in [2.05, 4.69) is 17.6 Å². The highest BCUT2D eigenvalue weighted by atomic mass is 16.2. The molecule has 3 heteroatoms. The molecular weight excluding hydrogens is 188 g/mol. The maximum Gasteiger partial charge on any atom is 0.241 e. The van der Waals surface area contributed by atoms with Gasteiger partial charge >= 0.3 is 0 Å². The fourth-order valence-corrected chi connectivity index (χ4v) is 2.14. The summed E-state index contributed by atoms with van der Waals surface area (Å²) in [5.74, 6) is 4.83. The predicted molar refractivity (Wildman–Crippen MR) is 59.2 cm³/mol. The monoisotopic (exact) mass is 204 g/mol. The van der Waals surface area contributed by atoms with Gasteiger partial charge in [-0.25, -0.2) is 5.84 Å². The van der Waals surface area contributed by atoms with Gasteiger partial charge in [-0.15, -0.1) is 0 Å². The second kappa shape index (κ2) is 4.03. The number of aryl methyl sites for hydroxylation is 2. The minimum Gasteiger partial charge on any atom is -0.294 e. The largest absolute Gasteiger partial charge is 0.294 e. The first kappa shape index (κ1) is 10.2. The third-order valence-electron chi connectivity index (χ3n) is 3.16. The summed E-state index contributed by atoms with van der Waals surface area (Å²) in [6.45, 7) is 1.87. The van der Waals surface area contributed by atoms with Gasteiger partial charge in [-0.1, -0.05) is 18.2 Å². The van der Waals surface area contributed by atoms with Gasteiger partial charge in [0, 0.05) is 0 Å². The Morgan fingerprint density at radius 3 is 2.87 bits per heavy atom. The van der Waals surface area contributed by atoms with Gasteiger partial charge in [-0.3, -0.25) is 10.2 Å². The quantitative estimate of drug-likeness (QED) is 0.433. The van der Waals surface area contributed by atoms with Crippen LogP contribution in [0.1, 0.15) is 36.0 Å². The molecule has 2 rings (SSSR count). The van der Waals surface area contributed by atoms with Crippen LogP contribution in [0, 0.1) is 0 Å². The Morgan fingerprint density at radius 1 is 1.40 bits per heavy atom. The van der Waals surface area contributed by atoms with Crippen molar-refractivity contribution in [3.8, 4) is 0 Å². The van der Waals surface area contributed by atoms with Crippen LogP contribution in [0.5, 0.6) is 0 Å². The average molecular weight is 204 g/mol. The zero-order valence-electron chi connectivity index (χ0n) is 8.92. The number of rotatable bonds is 2. The van der Waals surface area contributed by atoms with Gasteiger partial charge in [-0.05, 0) is 42.9 Å². The number of carbonyl (C=O) groups is 1. The zero-order chi connectivity index (χ0) is 10.8. The number of carbonyl (C=O) groups excluding carboxylic acids is 1. The smallest absolute Gasteiger partial charge is 0.241 e. The Morgan fingerprint density at radius 2 is 2.13 bits per heavy atom. The SMILES string of the molecule is CC(C(=O)NN)c1ccc2c(c1)CCC2. The highest BCUT2D eigenvalue weighted by Gasteiger charge is 2.17. The molecule has 1 aromatic carbocycles. The first-order chi connectivity index (χ1) is 7.22. The topological polar surface area (TPSA) is 55.1 Å². The van der Waals surface area contributed by atoms with Gasteiger partial charge in [-0.2, -0.15) is 0 Å². The van der Waals surface area contributed by atoms with E-state index in [1.165, 1.54) is 24.0 Å². The van der Waals surface area contributed by atoms with Crippen LogP contribution in [-0.4, -0.2) is 5.91 Å². The molecule has 1 unspecified atom stereocenters. The first-order valence-electron chi connectivity index (χ1n) is 5.34. The van der Waals surface area contributed by atoms with Gasteiger partial charge in [0.2, 0.25) is 5.91 Å². The number of amides is 1. The number of fused-ring (bicyclic) bond motifs is 1. The first-order valence-corrected chi connectivity index (χ1v) is 5.34. The fourth-order valence-electron chi connectivity index (χ4n) is 2.14. The number of hydrazine groups is 1. The Hall–Kier alpha value is -1.35. The van der Waals surface area contributed by atoms with E-state index in [1.807, 2.05) is 13.0 Å². The summed E-state index contributed by atoms with van der Waals surface area (Å²) in [5, 5.41) is 0. The summed E-state index contributed by atoms with van der Waals surface area (Å²) in [6, 6.07) is 6.31. The van der Waals surface area contributed by atoms with Crippen LogP contribution in [0.3, 0.4) is 0 Å². The van der Waals surface area contributed by atoms with Crippen molar-refractivity contribution in [1.29, 1.82) is 0 Å². The Labute approximate surface area is 89.6 Å². The van der Waals surface area contributed by atoms with Crippen molar-refractivity contribution in [3.05, 3.63) is 34.9 Å². The highest BCUT2D eigenvalue weighted by Crippen LogP contribution is 2.26. The molecule has 1 aromatic rings. The molecule has 0 spiro atoms. The summed E-state index contributed by atoms with van der Waals surface area (Å²) < 4.78 is 0. The number of hydrogen-bond donors (Lipinski definition) is 2. The van der Waals surface area contributed by atoms with Gasteiger partial charge in [0.1, 0.15) is 0 Å². The molecule has 0 fully saturated rings. The van der Waals surface area contributed by atoms with Crippen molar-refractivity contribution in [3.63, 3.8) is 0 Å². The molecule has 1 atom stereocenters. The van der Waals surface area contributed by atoms with Gasteiger partial charge in [0.15, 0.2) is 0 Å². The van der Waals surface area contributed by atoms with Crippen LogP contribution in [0.4, 0.5) is 0 Å². The Bertz CT molecular complexity index is 387. The van der Waals surface area contributed by atoms with Crippen LogP contribution in [0.2, 0.25) is 0 Å². The molecule has 1 aliphatic rings. The summed E-state index contributed by atoms with van der Waals surface area (Å²) in [5.41, 5.74) is 6.07.